The van der Waals surface area contributed by atoms with E-state index in [1.54, 1.807) is 0 Å². The summed E-state index contributed by atoms with van der Waals surface area (Å²) in [6, 6.07) is 0. The maximum absolute atomic E-state index is 10.9. The minimum atomic E-state index is -0.728. The van der Waals surface area contributed by atoms with Gasteiger partial charge >= 0.3 is 5.97 Å². The van der Waals surface area contributed by atoms with Crippen LogP contribution in [-0.2, 0) is 24.4 Å². The fourth-order valence-corrected chi connectivity index (χ4v) is 2.81. The SMILES string of the molecule is O=C(O)C1CC1c1nc(CO)c2n1CCCC2. The summed E-state index contributed by atoms with van der Waals surface area (Å²) in [5.41, 5.74) is 1.86. The lowest BCUT2D eigenvalue weighted by Gasteiger charge is -2.17. The number of fused-ring (bicyclic) bond motifs is 1. The van der Waals surface area contributed by atoms with Gasteiger partial charge in [0.25, 0.3) is 0 Å². The number of hydrogen-bond donors (Lipinski definition) is 2. The average Bonchev–Trinajstić information content (AvgIpc) is 3.05. The summed E-state index contributed by atoms with van der Waals surface area (Å²) in [5.74, 6) is -0.0514. The molecule has 0 radical (unpaired) electrons. The Balaban J connectivity index is 1.95. The van der Waals surface area contributed by atoms with Crippen molar-refractivity contribution in [3.8, 4) is 0 Å². The van der Waals surface area contributed by atoms with Gasteiger partial charge < -0.3 is 14.8 Å². The predicted molar refractivity (Wildman–Crippen MR) is 59.6 cm³/mol. The van der Waals surface area contributed by atoms with E-state index in [2.05, 4.69) is 9.55 Å². The second-order valence-electron chi connectivity index (χ2n) is 4.92. The molecule has 1 aliphatic carbocycles. The summed E-state index contributed by atoms with van der Waals surface area (Å²) < 4.78 is 2.14. The quantitative estimate of drug-likeness (QED) is 0.817. The van der Waals surface area contributed by atoms with Crippen molar-refractivity contribution in [1.29, 1.82) is 0 Å². The number of nitrogens with zero attached hydrogens (tertiary/aromatic N) is 2. The molecule has 5 heteroatoms. The van der Waals surface area contributed by atoms with Crippen LogP contribution in [0.25, 0.3) is 0 Å². The van der Waals surface area contributed by atoms with Crippen LogP contribution in [0.5, 0.6) is 0 Å². The Labute approximate surface area is 99.1 Å². The molecule has 0 bridgehead atoms. The van der Waals surface area contributed by atoms with Gasteiger partial charge in [-0.05, 0) is 25.7 Å². The minimum Gasteiger partial charge on any atom is -0.481 e. The molecular weight excluding hydrogens is 220 g/mol. The van der Waals surface area contributed by atoms with Crippen LogP contribution in [0.2, 0.25) is 0 Å². The van der Waals surface area contributed by atoms with E-state index in [9.17, 15) is 9.90 Å². The summed E-state index contributed by atoms with van der Waals surface area (Å²) in [4.78, 5) is 15.4. The van der Waals surface area contributed by atoms with Crippen molar-refractivity contribution in [3.05, 3.63) is 17.2 Å². The molecule has 0 spiro atoms. The van der Waals surface area contributed by atoms with Crippen LogP contribution in [0.3, 0.4) is 0 Å². The van der Waals surface area contributed by atoms with E-state index in [-0.39, 0.29) is 18.4 Å². The fraction of sp³-hybridized carbons (Fsp3) is 0.667. The number of rotatable bonds is 3. The molecule has 1 saturated carbocycles. The van der Waals surface area contributed by atoms with Gasteiger partial charge in [-0.2, -0.15) is 0 Å². The minimum absolute atomic E-state index is 0.0419. The molecule has 92 valence electrons. The van der Waals surface area contributed by atoms with E-state index in [1.165, 1.54) is 0 Å². The molecule has 2 heterocycles. The Bertz CT molecular complexity index is 467. The number of imidazole rings is 1. The number of hydrogen-bond acceptors (Lipinski definition) is 3. The normalized spacial score (nSPS) is 26.6. The molecule has 1 fully saturated rings. The highest BCUT2D eigenvalue weighted by Gasteiger charge is 2.47. The lowest BCUT2D eigenvalue weighted by atomic mass is 10.1. The molecule has 2 aliphatic rings. The average molecular weight is 236 g/mol. The molecule has 3 rings (SSSR count). The molecule has 1 aliphatic heterocycles. The van der Waals surface area contributed by atoms with Gasteiger partial charge in [0, 0.05) is 18.2 Å². The Morgan fingerprint density at radius 3 is 2.94 bits per heavy atom. The molecule has 0 aromatic carbocycles. The van der Waals surface area contributed by atoms with Crippen molar-refractivity contribution in [1.82, 2.24) is 9.55 Å². The summed E-state index contributed by atoms with van der Waals surface area (Å²) in [6.45, 7) is 0.875. The smallest absolute Gasteiger partial charge is 0.307 e. The third-order valence-corrected chi connectivity index (χ3v) is 3.82. The monoisotopic (exact) mass is 236 g/mol. The first-order valence-electron chi connectivity index (χ1n) is 6.14. The van der Waals surface area contributed by atoms with Crippen molar-refractivity contribution < 1.29 is 15.0 Å². The van der Waals surface area contributed by atoms with E-state index >= 15 is 0 Å². The predicted octanol–water partition coefficient (Wildman–Crippen LogP) is 0.900. The van der Waals surface area contributed by atoms with Crippen LogP contribution in [0, 0.1) is 5.92 Å². The zero-order valence-electron chi connectivity index (χ0n) is 9.59. The van der Waals surface area contributed by atoms with E-state index in [0.29, 0.717) is 6.42 Å². The third kappa shape index (κ3) is 1.65. The van der Waals surface area contributed by atoms with Crippen molar-refractivity contribution in [2.75, 3.05) is 0 Å². The molecule has 1 aromatic rings. The summed E-state index contributed by atoms with van der Waals surface area (Å²) >= 11 is 0. The first kappa shape index (κ1) is 10.8. The molecule has 17 heavy (non-hydrogen) atoms. The van der Waals surface area contributed by atoms with Gasteiger partial charge in [-0.15, -0.1) is 0 Å². The number of aromatic nitrogens is 2. The van der Waals surface area contributed by atoms with Gasteiger partial charge in [-0.3, -0.25) is 4.79 Å². The first-order chi connectivity index (χ1) is 8.22. The molecule has 0 amide bonds. The zero-order chi connectivity index (χ0) is 12.0. The maximum Gasteiger partial charge on any atom is 0.307 e. The standard InChI is InChI=1S/C12H16N2O3/c15-6-9-10-3-1-2-4-14(10)11(13-9)7-5-8(7)12(16)17/h7-8,15H,1-6H2,(H,16,17). The molecule has 0 saturated heterocycles. The molecule has 1 aromatic heterocycles. The van der Waals surface area contributed by atoms with Crippen LogP contribution in [-0.4, -0.2) is 25.7 Å². The Kier molecular flexibility index (Phi) is 2.43. The summed E-state index contributed by atoms with van der Waals surface area (Å²) in [6.07, 6.45) is 3.89. The van der Waals surface area contributed by atoms with Gasteiger partial charge in [0.15, 0.2) is 0 Å². The number of carboxylic acid groups (broad SMARTS) is 1. The second kappa shape index (κ2) is 3.84. The van der Waals surface area contributed by atoms with Gasteiger partial charge in [0.2, 0.25) is 0 Å². The highest BCUT2D eigenvalue weighted by molar-refractivity contribution is 5.74. The highest BCUT2D eigenvalue weighted by atomic mass is 16.4. The number of aliphatic hydroxyl groups is 1. The number of carboxylic acids is 1. The molecule has 2 unspecified atom stereocenters. The van der Waals surface area contributed by atoms with E-state index < -0.39 is 5.97 Å². The van der Waals surface area contributed by atoms with E-state index in [1.807, 2.05) is 0 Å². The maximum atomic E-state index is 10.9. The van der Waals surface area contributed by atoms with Crippen molar-refractivity contribution in [2.45, 2.75) is 44.8 Å². The highest BCUT2D eigenvalue weighted by Crippen LogP contribution is 2.48. The number of aliphatic hydroxyl groups excluding tert-OH is 1. The van der Waals surface area contributed by atoms with Crippen LogP contribution < -0.4 is 0 Å². The van der Waals surface area contributed by atoms with E-state index in [4.69, 9.17) is 5.11 Å². The fourth-order valence-electron chi connectivity index (χ4n) is 2.81. The Morgan fingerprint density at radius 2 is 2.29 bits per heavy atom. The lowest BCUT2D eigenvalue weighted by Crippen LogP contribution is -2.14. The van der Waals surface area contributed by atoms with Gasteiger partial charge in [0.1, 0.15) is 5.82 Å². The zero-order valence-corrected chi connectivity index (χ0v) is 9.59. The number of carbonyl (C=O) groups is 1. The topological polar surface area (TPSA) is 75.3 Å². The third-order valence-electron chi connectivity index (χ3n) is 3.82. The van der Waals surface area contributed by atoms with Gasteiger partial charge in [0.05, 0.1) is 18.2 Å². The van der Waals surface area contributed by atoms with E-state index in [0.717, 1.165) is 43.0 Å². The Hall–Kier alpha value is -1.36. The van der Waals surface area contributed by atoms with Gasteiger partial charge in [-0.1, -0.05) is 0 Å². The first-order valence-corrected chi connectivity index (χ1v) is 6.14. The molecule has 5 nitrogen and oxygen atoms in total. The van der Waals surface area contributed by atoms with Crippen molar-refractivity contribution >= 4 is 5.97 Å². The van der Waals surface area contributed by atoms with Gasteiger partial charge in [-0.25, -0.2) is 4.98 Å². The largest absolute Gasteiger partial charge is 0.481 e. The van der Waals surface area contributed by atoms with Crippen molar-refractivity contribution in [3.63, 3.8) is 0 Å². The van der Waals surface area contributed by atoms with Crippen LogP contribution in [0.1, 0.15) is 42.4 Å². The lowest BCUT2D eigenvalue weighted by molar-refractivity contribution is -0.138. The Morgan fingerprint density at radius 1 is 1.47 bits per heavy atom. The van der Waals surface area contributed by atoms with Crippen molar-refractivity contribution in [2.24, 2.45) is 5.92 Å². The molecular formula is C12H16N2O3. The summed E-state index contributed by atoms with van der Waals surface area (Å²) in [5, 5.41) is 18.3. The molecule has 2 N–H and O–H groups in total. The van der Waals surface area contributed by atoms with Crippen LogP contribution >= 0.6 is 0 Å². The summed E-state index contributed by atoms with van der Waals surface area (Å²) in [7, 11) is 0. The van der Waals surface area contributed by atoms with Crippen LogP contribution in [0.4, 0.5) is 0 Å². The number of aliphatic carboxylic acids is 1. The second-order valence-corrected chi connectivity index (χ2v) is 4.92. The molecule has 2 atom stereocenters. The van der Waals surface area contributed by atoms with Crippen LogP contribution in [0.15, 0.2) is 0 Å².